The van der Waals surface area contributed by atoms with Crippen molar-refractivity contribution in [3.05, 3.63) is 35.1 Å². The summed E-state index contributed by atoms with van der Waals surface area (Å²) in [4.78, 5) is 12.1. The zero-order valence-corrected chi connectivity index (χ0v) is 10.2. The lowest BCUT2D eigenvalue weighted by molar-refractivity contribution is -0.0424. The van der Waals surface area contributed by atoms with Crippen LogP contribution in [0.4, 0.5) is 13.2 Å². The van der Waals surface area contributed by atoms with Crippen LogP contribution in [0.25, 0.3) is 0 Å². The van der Waals surface area contributed by atoms with Crippen molar-refractivity contribution >= 4 is 5.78 Å². The van der Waals surface area contributed by atoms with Gasteiger partial charge in [0.25, 0.3) is 0 Å². The summed E-state index contributed by atoms with van der Waals surface area (Å²) in [5.74, 6) is -3.72. The van der Waals surface area contributed by atoms with Gasteiger partial charge in [-0.2, -0.15) is 0 Å². The SMILES string of the molecule is Cc1cc(F)cc(C(=O)C2CCC(F)(F)CC2)c1. The van der Waals surface area contributed by atoms with E-state index in [0.717, 1.165) is 0 Å². The molecule has 0 heterocycles. The Balaban J connectivity index is 2.12. The van der Waals surface area contributed by atoms with E-state index in [1.165, 1.54) is 12.1 Å². The second-order valence-electron chi connectivity index (χ2n) is 5.01. The molecule has 1 nitrogen and oxygen atoms in total. The summed E-state index contributed by atoms with van der Waals surface area (Å²) in [5.41, 5.74) is 0.960. The van der Waals surface area contributed by atoms with Crippen LogP contribution in [0.1, 0.15) is 41.6 Å². The maximum Gasteiger partial charge on any atom is 0.248 e. The van der Waals surface area contributed by atoms with Crippen molar-refractivity contribution in [2.45, 2.75) is 38.5 Å². The highest BCUT2D eigenvalue weighted by Gasteiger charge is 2.37. The zero-order valence-electron chi connectivity index (χ0n) is 10.2. The van der Waals surface area contributed by atoms with E-state index < -0.39 is 17.7 Å². The Bertz CT molecular complexity index is 438. The molecule has 0 atom stereocenters. The maximum absolute atomic E-state index is 13.2. The molecule has 4 heteroatoms. The number of carbonyl (C=O) groups excluding carboxylic acids is 1. The molecule has 2 rings (SSSR count). The van der Waals surface area contributed by atoms with E-state index in [2.05, 4.69) is 0 Å². The Hall–Kier alpha value is -1.32. The van der Waals surface area contributed by atoms with Crippen LogP contribution in [0.5, 0.6) is 0 Å². The van der Waals surface area contributed by atoms with Crippen LogP contribution >= 0.6 is 0 Å². The topological polar surface area (TPSA) is 17.1 Å². The summed E-state index contributed by atoms with van der Waals surface area (Å²) in [7, 11) is 0. The third kappa shape index (κ3) is 2.92. The lowest BCUT2D eigenvalue weighted by Crippen LogP contribution is -2.28. The molecule has 1 aliphatic rings. The minimum absolute atomic E-state index is 0.182. The molecule has 0 aliphatic heterocycles. The second kappa shape index (κ2) is 4.75. The first-order valence-electron chi connectivity index (χ1n) is 6.07. The third-order valence-electron chi connectivity index (χ3n) is 3.41. The number of ketones is 1. The van der Waals surface area contributed by atoms with E-state index in [1.807, 2.05) is 0 Å². The number of hydrogen-bond donors (Lipinski definition) is 0. The molecule has 1 saturated carbocycles. The average molecular weight is 256 g/mol. The minimum Gasteiger partial charge on any atom is -0.294 e. The molecule has 0 spiro atoms. The number of halogens is 3. The predicted molar refractivity (Wildman–Crippen MR) is 62.4 cm³/mol. The van der Waals surface area contributed by atoms with Gasteiger partial charge >= 0.3 is 0 Å². The third-order valence-corrected chi connectivity index (χ3v) is 3.41. The molecule has 0 bridgehead atoms. The van der Waals surface area contributed by atoms with Crippen molar-refractivity contribution in [3.63, 3.8) is 0 Å². The maximum atomic E-state index is 13.2. The molecular formula is C14H15F3O. The second-order valence-corrected chi connectivity index (χ2v) is 5.01. The van der Waals surface area contributed by atoms with Gasteiger partial charge < -0.3 is 0 Å². The van der Waals surface area contributed by atoms with Gasteiger partial charge in [0, 0.05) is 24.3 Å². The summed E-state index contributed by atoms with van der Waals surface area (Å²) < 4.78 is 39.2. The van der Waals surface area contributed by atoms with Gasteiger partial charge in [-0.05, 0) is 43.5 Å². The number of aryl methyl sites for hydroxylation is 1. The molecular weight excluding hydrogens is 241 g/mol. The smallest absolute Gasteiger partial charge is 0.248 e. The highest BCUT2D eigenvalue weighted by atomic mass is 19.3. The molecule has 0 radical (unpaired) electrons. The van der Waals surface area contributed by atoms with E-state index in [9.17, 15) is 18.0 Å². The largest absolute Gasteiger partial charge is 0.294 e. The number of hydrogen-bond acceptors (Lipinski definition) is 1. The van der Waals surface area contributed by atoms with Crippen molar-refractivity contribution < 1.29 is 18.0 Å². The van der Waals surface area contributed by atoms with E-state index in [-0.39, 0.29) is 31.5 Å². The van der Waals surface area contributed by atoms with Crippen LogP contribution in [0.15, 0.2) is 18.2 Å². The fourth-order valence-electron chi connectivity index (χ4n) is 2.42. The number of benzene rings is 1. The molecule has 18 heavy (non-hydrogen) atoms. The number of rotatable bonds is 2. The van der Waals surface area contributed by atoms with Crippen molar-refractivity contribution in [1.29, 1.82) is 0 Å². The molecule has 0 saturated heterocycles. The van der Waals surface area contributed by atoms with Crippen LogP contribution in [0, 0.1) is 18.7 Å². The van der Waals surface area contributed by atoms with Gasteiger partial charge in [-0.3, -0.25) is 4.79 Å². The van der Waals surface area contributed by atoms with Crippen molar-refractivity contribution in [3.8, 4) is 0 Å². The molecule has 98 valence electrons. The van der Waals surface area contributed by atoms with E-state index >= 15 is 0 Å². The van der Waals surface area contributed by atoms with E-state index in [0.29, 0.717) is 11.1 Å². The highest BCUT2D eigenvalue weighted by Crippen LogP contribution is 2.37. The Morgan fingerprint density at radius 2 is 1.83 bits per heavy atom. The van der Waals surface area contributed by atoms with Crippen molar-refractivity contribution in [2.75, 3.05) is 0 Å². The first-order valence-corrected chi connectivity index (χ1v) is 6.07. The Kier molecular flexibility index (Phi) is 3.46. The summed E-state index contributed by atoms with van der Waals surface area (Å²) in [6.07, 6.45) is -0.141. The van der Waals surface area contributed by atoms with Crippen LogP contribution in [-0.2, 0) is 0 Å². The van der Waals surface area contributed by atoms with Crippen LogP contribution in [0.2, 0.25) is 0 Å². The van der Waals surface area contributed by atoms with Gasteiger partial charge in [-0.15, -0.1) is 0 Å². The molecule has 0 N–H and O–H groups in total. The van der Waals surface area contributed by atoms with E-state index in [1.54, 1.807) is 13.0 Å². The first kappa shape index (κ1) is 13.1. The summed E-state index contributed by atoms with van der Waals surface area (Å²) in [6, 6.07) is 4.13. The van der Waals surface area contributed by atoms with Gasteiger partial charge in [0.15, 0.2) is 5.78 Å². The Morgan fingerprint density at radius 1 is 1.22 bits per heavy atom. The van der Waals surface area contributed by atoms with Crippen LogP contribution in [0.3, 0.4) is 0 Å². The van der Waals surface area contributed by atoms with E-state index in [4.69, 9.17) is 0 Å². The standard InChI is InChI=1S/C14H15F3O/c1-9-6-11(8-12(15)7-9)13(18)10-2-4-14(16,17)5-3-10/h6-8,10H,2-5H2,1H3. The zero-order chi connectivity index (χ0) is 13.3. The average Bonchev–Trinajstić information content (AvgIpc) is 2.27. The number of carbonyl (C=O) groups is 1. The molecule has 0 amide bonds. The predicted octanol–water partition coefficient (Wildman–Crippen LogP) is 4.14. The van der Waals surface area contributed by atoms with Gasteiger partial charge in [0.1, 0.15) is 5.82 Å². The Morgan fingerprint density at radius 3 is 2.39 bits per heavy atom. The fourth-order valence-corrected chi connectivity index (χ4v) is 2.42. The quantitative estimate of drug-likeness (QED) is 0.727. The molecule has 1 aliphatic carbocycles. The normalized spacial score (nSPS) is 19.8. The highest BCUT2D eigenvalue weighted by molar-refractivity contribution is 5.98. The first-order chi connectivity index (χ1) is 8.37. The molecule has 0 unspecified atom stereocenters. The van der Waals surface area contributed by atoms with Gasteiger partial charge in [-0.25, -0.2) is 13.2 Å². The van der Waals surface area contributed by atoms with Crippen molar-refractivity contribution in [1.82, 2.24) is 0 Å². The Labute approximate surface area is 104 Å². The molecule has 1 fully saturated rings. The summed E-state index contributed by atoms with van der Waals surface area (Å²) >= 11 is 0. The summed E-state index contributed by atoms with van der Waals surface area (Å²) in [6.45, 7) is 1.70. The van der Waals surface area contributed by atoms with Gasteiger partial charge in [0.2, 0.25) is 5.92 Å². The van der Waals surface area contributed by atoms with Crippen LogP contribution in [-0.4, -0.2) is 11.7 Å². The van der Waals surface area contributed by atoms with Crippen molar-refractivity contribution in [2.24, 2.45) is 5.92 Å². The van der Waals surface area contributed by atoms with Gasteiger partial charge in [0.05, 0.1) is 0 Å². The molecule has 1 aromatic rings. The monoisotopic (exact) mass is 256 g/mol. The number of alkyl halides is 2. The van der Waals surface area contributed by atoms with Crippen LogP contribution < -0.4 is 0 Å². The van der Waals surface area contributed by atoms with Gasteiger partial charge in [-0.1, -0.05) is 0 Å². The molecule has 1 aromatic carbocycles. The molecule has 0 aromatic heterocycles. The summed E-state index contributed by atoms with van der Waals surface area (Å²) in [5, 5.41) is 0. The number of Topliss-reactive ketones (excluding diaryl/α,β-unsaturated/α-hetero) is 1. The lowest BCUT2D eigenvalue weighted by Gasteiger charge is -2.27. The fraction of sp³-hybridized carbons (Fsp3) is 0.500. The lowest BCUT2D eigenvalue weighted by atomic mass is 9.82. The minimum atomic E-state index is -2.64.